The standard InChI is InChI=1S/C33H43ClN4O7/c1-32(2,3)45-31(42)38-19-33(20-38,23-7-4-8-24(34)18-23)44-30(41)37-27(29(39)40)13-15-43-26-16-21(17-26)9-11-25-12-10-22-6-5-14-35-28(22)36-25/h4,7-8,10,12,18,21,26-27H,5-6,9,11,13-17,19-20H2,1-3H3,(H,35,36)(H,37,41)(H,39,40)/t21-,26-,27?. The quantitative estimate of drug-likeness (QED) is 0.288. The number of pyridine rings is 1. The minimum absolute atomic E-state index is 0.0405. The van der Waals surface area contributed by atoms with Gasteiger partial charge >= 0.3 is 18.2 Å². The normalized spacial score (nSPS) is 20.8. The number of likely N-dealkylation sites (tertiary alicyclic amines) is 1. The number of hydrogen-bond donors (Lipinski definition) is 3. The lowest BCUT2D eigenvalue weighted by atomic mass is 9.79. The lowest BCUT2D eigenvalue weighted by molar-refractivity contribution is -0.141. The number of carbonyl (C=O) groups is 3. The molecular formula is C33H43ClN4O7. The van der Waals surface area contributed by atoms with Crippen molar-refractivity contribution in [2.45, 2.75) is 89.1 Å². The molecule has 2 aliphatic heterocycles. The summed E-state index contributed by atoms with van der Waals surface area (Å²) in [4.78, 5) is 43.7. The number of nitrogens with zero attached hydrogens (tertiary/aromatic N) is 2. The van der Waals surface area contributed by atoms with Crippen LogP contribution in [0.1, 0.15) is 69.7 Å². The van der Waals surface area contributed by atoms with Gasteiger partial charge in [-0.05, 0) is 89.0 Å². The third kappa shape index (κ3) is 8.58. The zero-order chi connectivity index (χ0) is 32.2. The van der Waals surface area contributed by atoms with E-state index >= 15 is 0 Å². The fourth-order valence-corrected chi connectivity index (χ4v) is 6.16. The average Bonchev–Trinajstić information content (AvgIpc) is 2.93. The number of carbonyl (C=O) groups excluding carboxylic acids is 2. The van der Waals surface area contributed by atoms with Crippen LogP contribution < -0.4 is 10.6 Å². The summed E-state index contributed by atoms with van der Waals surface area (Å²) in [5.74, 6) is 0.388. The number of benzene rings is 1. The zero-order valence-electron chi connectivity index (χ0n) is 26.1. The third-order valence-corrected chi connectivity index (χ3v) is 8.72. The second-order valence-electron chi connectivity index (χ2n) is 13.3. The Morgan fingerprint density at radius 2 is 1.98 bits per heavy atom. The highest BCUT2D eigenvalue weighted by Gasteiger charge is 2.51. The average molecular weight is 643 g/mol. The number of amides is 2. The first-order valence-electron chi connectivity index (χ1n) is 15.7. The van der Waals surface area contributed by atoms with Crippen molar-refractivity contribution >= 4 is 35.6 Å². The second kappa shape index (κ2) is 13.8. The molecular weight excluding hydrogens is 600 g/mol. The van der Waals surface area contributed by atoms with Gasteiger partial charge in [-0.25, -0.2) is 19.4 Å². The van der Waals surface area contributed by atoms with Gasteiger partial charge in [-0.2, -0.15) is 0 Å². The summed E-state index contributed by atoms with van der Waals surface area (Å²) in [7, 11) is 0. The number of aliphatic carboxylic acids is 1. The molecule has 0 radical (unpaired) electrons. The van der Waals surface area contributed by atoms with E-state index in [1.165, 1.54) is 10.5 Å². The number of carboxylic acid groups (broad SMARTS) is 1. The molecule has 0 bridgehead atoms. The Hall–Kier alpha value is -3.57. The highest BCUT2D eigenvalue weighted by Crippen LogP contribution is 2.38. The van der Waals surface area contributed by atoms with E-state index in [4.69, 9.17) is 30.8 Å². The number of carboxylic acids is 1. The molecule has 3 heterocycles. The first kappa shape index (κ1) is 32.8. The molecule has 0 spiro atoms. The molecule has 11 nitrogen and oxygen atoms in total. The van der Waals surface area contributed by atoms with Crippen molar-refractivity contribution in [2.24, 2.45) is 5.92 Å². The van der Waals surface area contributed by atoms with Crippen LogP contribution in [0.15, 0.2) is 36.4 Å². The van der Waals surface area contributed by atoms with Crippen LogP contribution in [0.5, 0.6) is 0 Å². The fourth-order valence-electron chi connectivity index (χ4n) is 5.97. The number of anilines is 1. The van der Waals surface area contributed by atoms with Crippen LogP contribution in [-0.4, -0.2) is 77.1 Å². The van der Waals surface area contributed by atoms with Crippen LogP contribution in [0.3, 0.4) is 0 Å². The Morgan fingerprint density at radius 3 is 2.69 bits per heavy atom. The van der Waals surface area contributed by atoms with Crippen LogP contribution in [0, 0.1) is 5.92 Å². The summed E-state index contributed by atoms with van der Waals surface area (Å²) in [6, 6.07) is 9.94. The summed E-state index contributed by atoms with van der Waals surface area (Å²) in [5.41, 5.74) is 1.11. The Morgan fingerprint density at radius 1 is 1.20 bits per heavy atom. The fraction of sp³-hybridized carbons (Fsp3) is 0.576. The Labute approximate surface area is 269 Å². The van der Waals surface area contributed by atoms with E-state index in [0.29, 0.717) is 16.5 Å². The number of halogens is 1. The maximum atomic E-state index is 13.0. The van der Waals surface area contributed by atoms with Crippen LogP contribution in [0.25, 0.3) is 0 Å². The molecule has 1 saturated carbocycles. The minimum Gasteiger partial charge on any atom is -0.480 e. The summed E-state index contributed by atoms with van der Waals surface area (Å²) < 4.78 is 17.2. The molecule has 45 heavy (non-hydrogen) atoms. The molecule has 1 saturated heterocycles. The number of nitrogens with one attached hydrogen (secondary N) is 2. The number of alkyl carbamates (subject to hydrolysis) is 1. The van der Waals surface area contributed by atoms with E-state index in [-0.39, 0.29) is 32.2 Å². The topological polar surface area (TPSA) is 139 Å². The number of rotatable bonds is 11. The van der Waals surface area contributed by atoms with Gasteiger partial charge in [0.1, 0.15) is 17.5 Å². The van der Waals surface area contributed by atoms with Gasteiger partial charge in [0.25, 0.3) is 0 Å². The maximum Gasteiger partial charge on any atom is 0.410 e. The SMILES string of the molecule is CC(C)(C)OC(=O)N1CC(OC(=O)NC(CCO[C@H]2C[C@H](CCc3ccc4c(n3)NCCC4)C2)C(=O)O)(c2cccc(Cl)c2)C1. The van der Waals surface area contributed by atoms with Gasteiger partial charge in [-0.15, -0.1) is 0 Å². The van der Waals surface area contributed by atoms with Crippen molar-refractivity contribution < 1.29 is 33.7 Å². The first-order valence-corrected chi connectivity index (χ1v) is 16.1. The van der Waals surface area contributed by atoms with E-state index in [1.54, 1.807) is 45.0 Å². The smallest absolute Gasteiger partial charge is 0.410 e. The van der Waals surface area contributed by atoms with Crippen molar-refractivity contribution in [1.82, 2.24) is 15.2 Å². The first-order chi connectivity index (χ1) is 21.4. The molecule has 12 heteroatoms. The highest BCUT2D eigenvalue weighted by atomic mass is 35.5. The summed E-state index contributed by atoms with van der Waals surface area (Å²) >= 11 is 6.20. The Balaban J connectivity index is 1.06. The van der Waals surface area contributed by atoms with Gasteiger partial charge in [-0.3, -0.25) is 4.90 Å². The van der Waals surface area contributed by atoms with Crippen molar-refractivity contribution in [1.29, 1.82) is 0 Å². The molecule has 2 fully saturated rings. The summed E-state index contributed by atoms with van der Waals surface area (Å²) in [6.07, 6.45) is 4.76. The van der Waals surface area contributed by atoms with E-state index in [2.05, 4.69) is 22.8 Å². The monoisotopic (exact) mass is 642 g/mol. The van der Waals surface area contributed by atoms with Crippen molar-refractivity contribution in [3.05, 3.63) is 58.2 Å². The van der Waals surface area contributed by atoms with E-state index in [1.807, 2.05) is 0 Å². The predicted octanol–water partition coefficient (Wildman–Crippen LogP) is 5.54. The zero-order valence-corrected chi connectivity index (χ0v) is 26.9. The second-order valence-corrected chi connectivity index (χ2v) is 13.7. The van der Waals surface area contributed by atoms with Gasteiger partial charge in [-0.1, -0.05) is 29.8 Å². The minimum atomic E-state index is -1.20. The maximum absolute atomic E-state index is 13.0. The van der Waals surface area contributed by atoms with Gasteiger partial charge in [0.2, 0.25) is 0 Å². The molecule has 1 aromatic carbocycles. The van der Waals surface area contributed by atoms with Crippen molar-refractivity contribution in [3.63, 3.8) is 0 Å². The van der Waals surface area contributed by atoms with Crippen LogP contribution >= 0.6 is 11.6 Å². The third-order valence-electron chi connectivity index (χ3n) is 8.49. The molecule has 2 aromatic rings. The van der Waals surface area contributed by atoms with E-state index in [9.17, 15) is 19.5 Å². The Kier molecular flexibility index (Phi) is 10.1. The molecule has 1 unspecified atom stereocenters. The molecule has 5 rings (SSSR count). The number of aryl methyl sites for hydroxylation is 2. The number of aromatic nitrogens is 1. The molecule has 3 aliphatic rings. The molecule has 1 aliphatic carbocycles. The van der Waals surface area contributed by atoms with Gasteiger partial charge in [0, 0.05) is 35.9 Å². The summed E-state index contributed by atoms with van der Waals surface area (Å²) in [6.45, 7) is 6.55. The number of fused-ring (bicyclic) bond motifs is 1. The van der Waals surface area contributed by atoms with Crippen molar-refractivity contribution in [2.75, 3.05) is 31.6 Å². The highest BCUT2D eigenvalue weighted by molar-refractivity contribution is 6.30. The molecule has 2 amide bonds. The predicted molar refractivity (Wildman–Crippen MR) is 168 cm³/mol. The van der Waals surface area contributed by atoms with Crippen LogP contribution in [0.4, 0.5) is 15.4 Å². The summed E-state index contributed by atoms with van der Waals surface area (Å²) in [5, 5.41) is 16.1. The number of ether oxygens (including phenoxy) is 3. The van der Waals surface area contributed by atoms with Crippen LogP contribution in [-0.2, 0) is 37.4 Å². The molecule has 244 valence electrons. The van der Waals surface area contributed by atoms with Crippen LogP contribution in [0.2, 0.25) is 5.02 Å². The Bertz CT molecular complexity index is 1390. The van der Waals surface area contributed by atoms with Gasteiger partial charge in [0.05, 0.1) is 19.2 Å². The number of hydrogen-bond acceptors (Lipinski definition) is 8. The van der Waals surface area contributed by atoms with Gasteiger partial charge in [0.15, 0.2) is 5.60 Å². The van der Waals surface area contributed by atoms with E-state index < -0.39 is 35.4 Å². The molecule has 1 aromatic heterocycles. The molecule has 3 N–H and O–H groups in total. The lowest BCUT2D eigenvalue weighted by Gasteiger charge is -2.48. The lowest BCUT2D eigenvalue weighted by Crippen LogP contribution is -2.64. The van der Waals surface area contributed by atoms with E-state index in [0.717, 1.165) is 56.6 Å². The van der Waals surface area contributed by atoms with Gasteiger partial charge < -0.3 is 30.0 Å². The largest absolute Gasteiger partial charge is 0.480 e. The molecule has 1 atom stereocenters. The van der Waals surface area contributed by atoms with Crippen molar-refractivity contribution in [3.8, 4) is 0 Å².